The van der Waals surface area contributed by atoms with Crippen LogP contribution in [0.5, 0.6) is 0 Å². The zero-order valence-corrected chi connectivity index (χ0v) is 17.0. The number of halogens is 4. The number of carbonyl (C=O) groups excluding carboxylic acids is 1. The summed E-state index contributed by atoms with van der Waals surface area (Å²) in [5, 5.41) is 2.44. The first-order valence-electron chi connectivity index (χ1n) is 8.64. The van der Waals surface area contributed by atoms with E-state index in [4.69, 9.17) is 22.1 Å². The molecule has 0 atom stereocenters. The number of aromatic nitrogens is 3. The second-order valence-corrected chi connectivity index (χ2v) is 6.61. The van der Waals surface area contributed by atoms with E-state index >= 15 is 0 Å². The Hall–Kier alpha value is -3.60. The molecule has 0 saturated carbocycles. The number of hydrogen-bond donors (Lipinski definition) is 2. The van der Waals surface area contributed by atoms with E-state index in [1.54, 1.807) is 36.2 Å². The first-order valence-corrected chi connectivity index (χ1v) is 9.02. The molecule has 3 aromatic rings. The van der Waals surface area contributed by atoms with Gasteiger partial charge in [-0.1, -0.05) is 23.7 Å². The smallest absolute Gasteiger partial charge is 0.417 e. The first kappa shape index (κ1) is 22.1. The average Bonchev–Trinajstić information content (AvgIpc) is 2.74. The number of hydrogen-bond acceptors (Lipinski definition) is 8. The van der Waals surface area contributed by atoms with Crippen molar-refractivity contribution in [2.24, 2.45) is 0 Å². The molecule has 0 unspecified atom stereocenters. The van der Waals surface area contributed by atoms with Gasteiger partial charge in [0.25, 0.3) is 0 Å². The summed E-state index contributed by atoms with van der Waals surface area (Å²) in [4.78, 5) is 25.5. The zero-order valence-electron chi connectivity index (χ0n) is 16.2. The molecule has 31 heavy (non-hydrogen) atoms. The molecule has 0 aliphatic carbocycles. The first-order chi connectivity index (χ1) is 14.6. The Kier molecular flexibility index (Phi) is 6.16. The predicted octanol–water partition coefficient (Wildman–Crippen LogP) is 4.42. The van der Waals surface area contributed by atoms with Gasteiger partial charge in [-0.25, -0.2) is 19.7 Å². The maximum absolute atomic E-state index is 12.8. The van der Waals surface area contributed by atoms with Crippen LogP contribution in [0.1, 0.15) is 15.9 Å². The summed E-state index contributed by atoms with van der Waals surface area (Å²) < 4.78 is 43.2. The van der Waals surface area contributed by atoms with Crippen molar-refractivity contribution in [2.75, 3.05) is 30.1 Å². The van der Waals surface area contributed by atoms with Gasteiger partial charge in [-0.3, -0.25) is 0 Å². The highest BCUT2D eigenvalue weighted by molar-refractivity contribution is 6.33. The Morgan fingerprint density at radius 3 is 2.55 bits per heavy atom. The number of methoxy groups -OCH3 is 1. The van der Waals surface area contributed by atoms with Crippen molar-refractivity contribution in [3.63, 3.8) is 0 Å². The molecule has 12 heteroatoms. The van der Waals surface area contributed by atoms with E-state index in [1.807, 2.05) is 0 Å². The molecule has 0 saturated heterocycles. The number of ether oxygens (including phenoxy) is 1. The topological polar surface area (TPSA) is 106 Å². The molecule has 3 rings (SSSR count). The van der Waals surface area contributed by atoms with Gasteiger partial charge >= 0.3 is 12.1 Å². The minimum absolute atomic E-state index is 0.0578. The van der Waals surface area contributed by atoms with Crippen molar-refractivity contribution in [3.8, 4) is 0 Å². The van der Waals surface area contributed by atoms with Crippen LogP contribution in [0.25, 0.3) is 0 Å². The van der Waals surface area contributed by atoms with Crippen LogP contribution in [0, 0.1) is 0 Å². The van der Waals surface area contributed by atoms with E-state index < -0.39 is 17.7 Å². The molecular weight excluding hydrogens is 437 g/mol. The lowest BCUT2D eigenvalue weighted by molar-refractivity contribution is -0.137. The van der Waals surface area contributed by atoms with Crippen molar-refractivity contribution < 1.29 is 22.7 Å². The fourth-order valence-electron chi connectivity index (χ4n) is 2.71. The van der Waals surface area contributed by atoms with Crippen molar-refractivity contribution in [3.05, 3.63) is 59.0 Å². The molecule has 0 aliphatic heterocycles. The van der Waals surface area contributed by atoms with E-state index in [-0.39, 0.29) is 33.7 Å². The number of rotatable bonds is 5. The molecular formula is C19H16ClF3N6O2. The van der Waals surface area contributed by atoms with E-state index in [0.717, 1.165) is 6.07 Å². The summed E-state index contributed by atoms with van der Waals surface area (Å²) in [7, 11) is 2.90. The molecule has 2 aromatic heterocycles. The molecule has 1 aromatic carbocycles. The number of benzene rings is 1. The van der Waals surface area contributed by atoms with Gasteiger partial charge in [0.15, 0.2) is 11.6 Å². The second kappa shape index (κ2) is 8.64. The Labute approximate surface area is 179 Å². The Morgan fingerprint density at radius 2 is 1.90 bits per heavy atom. The third-order valence-electron chi connectivity index (χ3n) is 4.26. The van der Waals surface area contributed by atoms with E-state index in [2.05, 4.69) is 20.3 Å². The molecule has 3 N–H and O–H groups in total. The second-order valence-electron chi connectivity index (χ2n) is 6.20. The number of esters is 1. The average molecular weight is 453 g/mol. The number of nitrogen functional groups attached to an aromatic ring is 1. The Bertz CT molecular complexity index is 1130. The minimum Gasteiger partial charge on any atom is -0.465 e. The number of anilines is 5. The molecule has 0 aliphatic rings. The molecule has 162 valence electrons. The summed E-state index contributed by atoms with van der Waals surface area (Å²) in [6.07, 6.45) is -2.74. The van der Waals surface area contributed by atoms with Crippen molar-refractivity contribution >= 4 is 46.4 Å². The molecule has 0 fully saturated rings. The SMILES string of the molecule is COC(=O)c1ccccc1N(C)c1ncnc(Nc2ncc(C(F)(F)F)cc2Cl)c1N. The van der Waals surface area contributed by atoms with Crippen molar-refractivity contribution in [1.29, 1.82) is 0 Å². The van der Waals surface area contributed by atoms with Crippen LogP contribution in [-0.4, -0.2) is 35.1 Å². The van der Waals surface area contributed by atoms with Gasteiger partial charge < -0.3 is 20.7 Å². The number of pyridine rings is 1. The van der Waals surface area contributed by atoms with Crippen LogP contribution in [-0.2, 0) is 10.9 Å². The van der Waals surface area contributed by atoms with Gasteiger partial charge in [-0.15, -0.1) is 0 Å². The largest absolute Gasteiger partial charge is 0.465 e. The Balaban J connectivity index is 1.96. The molecule has 8 nitrogen and oxygen atoms in total. The van der Waals surface area contributed by atoms with Gasteiger partial charge in [0.2, 0.25) is 0 Å². The van der Waals surface area contributed by atoms with Crippen molar-refractivity contribution in [2.45, 2.75) is 6.18 Å². The zero-order chi connectivity index (χ0) is 22.8. The summed E-state index contributed by atoms with van der Waals surface area (Å²) >= 11 is 5.94. The van der Waals surface area contributed by atoms with Crippen LogP contribution >= 0.6 is 11.6 Å². The van der Waals surface area contributed by atoms with Crippen LogP contribution in [0.15, 0.2) is 42.9 Å². The summed E-state index contributed by atoms with van der Waals surface area (Å²) in [6, 6.07) is 7.40. The van der Waals surface area contributed by atoms with Gasteiger partial charge in [0, 0.05) is 13.2 Å². The van der Waals surface area contributed by atoms with Crippen LogP contribution in [0.4, 0.5) is 42.0 Å². The number of nitrogens with zero attached hydrogens (tertiary/aromatic N) is 4. The molecule has 0 amide bonds. The maximum atomic E-state index is 12.8. The highest BCUT2D eigenvalue weighted by Crippen LogP contribution is 2.36. The molecule has 0 radical (unpaired) electrons. The Morgan fingerprint density at radius 1 is 1.19 bits per heavy atom. The van der Waals surface area contributed by atoms with E-state index in [9.17, 15) is 18.0 Å². The van der Waals surface area contributed by atoms with Gasteiger partial charge in [0.1, 0.15) is 17.8 Å². The number of nitrogens with one attached hydrogen (secondary N) is 1. The summed E-state index contributed by atoms with van der Waals surface area (Å²) in [6.45, 7) is 0. The van der Waals surface area contributed by atoms with E-state index in [0.29, 0.717) is 11.9 Å². The maximum Gasteiger partial charge on any atom is 0.417 e. The lowest BCUT2D eigenvalue weighted by Gasteiger charge is -2.23. The minimum atomic E-state index is -4.58. The third-order valence-corrected chi connectivity index (χ3v) is 4.54. The fourth-order valence-corrected chi connectivity index (χ4v) is 2.93. The van der Waals surface area contributed by atoms with Gasteiger partial charge in [-0.2, -0.15) is 13.2 Å². The standard InChI is InChI=1S/C19H16ClF3N6O2/c1-29(13-6-4-3-5-11(13)18(30)31-2)17-14(24)16(26-9-27-17)28-15-12(20)7-10(8-25-15)19(21,22)23/h3-9H,24H2,1-2H3,(H,25,26,27,28). The predicted molar refractivity (Wildman–Crippen MR) is 110 cm³/mol. The summed E-state index contributed by atoms with van der Waals surface area (Å²) in [5.41, 5.74) is 6.01. The number of nitrogens with two attached hydrogens (primary N) is 1. The van der Waals surface area contributed by atoms with Crippen LogP contribution in [0.2, 0.25) is 5.02 Å². The normalized spacial score (nSPS) is 11.2. The van der Waals surface area contributed by atoms with Gasteiger partial charge in [0.05, 0.1) is 28.9 Å². The highest BCUT2D eigenvalue weighted by Gasteiger charge is 2.31. The van der Waals surface area contributed by atoms with E-state index in [1.165, 1.54) is 13.4 Å². The molecule has 0 spiro atoms. The highest BCUT2D eigenvalue weighted by atomic mass is 35.5. The van der Waals surface area contributed by atoms with Gasteiger partial charge in [-0.05, 0) is 18.2 Å². The fraction of sp³-hybridized carbons (Fsp3) is 0.158. The lowest BCUT2D eigenvalue weighted by Crippen LogP contribution is -2.18. The number of para-hydroxylation sites is 1. The third kappa shape index (κ3) is 4.61. The quantitative estimate of drug-likeness (QED) is 0.548. The van der Waals surface area contributed by atoms with Crippen molar-refractivity contribution in [1.82, 2.24) is 15.0 Å². The molecule has 0 bridgehead atoms. The summed E-state index contributed by atoms with van der Waals surface area (Å²) in [5.74, 6) is -0.309. The van der Waals surface area contributed by atoms with Crippen LogP contribution in [0.3, 0.4) is 0 Å². The lowest BCUT2D eigenvalue weighted by atomic mass is 10.1. The van der Waals surface area contributed by atoms with Crippen LogP contribution < -0.4 is 16.0 Å². The number of carbonyl (C=O) groups is 1. The monoisotopic (exact) mass is 452 g/mol. The molecule has 2 heterocycles. The number of alkyl halides is 3.